The number of hydrogen-bond donors (Lipinski definition) is 1. The highest BCUT2D eigenvalue weighted by Crippen LogP contribution is 2.50. The molecule has 1 N–H and O–H groups in total. The number of ether oxygens (including phenoxy) is 1. The average molecular weight is 439 g/mol. The molecule has 0 amide bonds. The smallest absolute Gasteiger partial charge is 0.243 e. The number of methoxy groups -OCH3 is 1. The first-order valence-corrected chi connectivity index (χ1v) is 12.7. The maximum Gasteiger partial charge on any atom is 0.243 e. The molecular weight excluding hydrogens is 408 g/mol. The molecule has 0 saturated carbocycles. The highest BCUT2D eigenvalue weighted by atomic mass is 32.2. The molecule has 0 bridgehead atoms. The van der Waals surface area contributed by atoms with Crippen LogP contribution in [0.15, 0.2) is 59.5 Å². The van der Waals surface area contributed by atoms with Crippen LogP contribution in [-0.4, -0.2) is 32.9 Å². The van der Waals surface area contributed by atoms with Crippen LogP contribution in [0.3, 0.4) is 0 Å². The molecule has 2 aromatic carbocycles. The molecule has 0 aromatic heterocycles. The van der Waals surface area contributed by atoms with E-state index in [2.05, 4.69) is 29.6 Å². The first-order valence-electron chi connectivity index (χ1n) is 11.3. The van der Waals surface area contributed by atoms with E-state index in [4.69, 9.17) is 4.74 Å². The number of nitrogens with zero attached hydrogens (tertiary/aromatic N) is 1. The zero-order chi connectivity index (χ0) is 21.4. The minimum Gasteiger partial charge on any atom is -0.497 e. The second-order valence-corrected chi connectivity index (χ2v) is 10.8. The monoisotopic (exact) mass is 438 g/mol. The fourth-order valence-electron chi connectivity index (χ4n) is 5.33. The van der Waals surface area contributed by atoms with Crippen LogP contribution in [0, 0.1) is 5.92 Å². The van der Waals surface area contributed by atoms with Crippen molar-refractivity contribution in [2.24, 2.45) is 5.92 Å². The van der Waals surface area contributed by atoms with Crippen LogP contribution in [-0.2, 0) is 10.0 Å². The molecule has 6 heteroatoms. The van der Waals surface area contributed by atoms with Gasteiger partial charge in [-0.05, 0) is 66.6 Å². The molecule has 3 unspecified atom stereocenters. The summed E-state index contributed by atoms with van der Waals surface area (Å²) < 4.78 is 33.8. The molecule has 5 rings (SSSR count). The third-order valence-corrected chi connectivity index (χ3v) is 8.88. The van der Waals surface area contributed by atoms with Crippen LogP contribution in [0.1, 0.15) is 55.2 Å². The van der Waals surface area contributed by atoms with Crippen molar-refractivity contribution in [1.82, 2.24) is 4.31 Å². The van der Waals surface area contributed by atoms with Gasteiger partial charge >= 0.3 is 0 Å². The van der Waals surface area contributed by atoms with Gasteiger partial charge in [0.1, 0.15) is 5.75 Å². The van der Waals surface area contributed by atoms with Gasteiger partial charge in [0.15, 0.2) is 0 Å². The van der Waals surface area contributed by atoms with E-state index in [9.17, 15) is 8.42 Å². The number of rotatable bonds is 4. The lowest BCUT2D eigenvalue weighted by molar-refractivity contribution is 0.406. The summed E-state index contributed by atoms with van der Waals surface area (Å²) in [5.74, 6) is 1.42. The number of anilines is 1. The van der Waals surface area contributed by atoms with Crippen molar-refractivity contribution in [2.45, 2.75) is 49.0 Å². The largest absolute Gasteiger partial charge is 0.497 e. The van der Waals surface area contributed by atoms with E-state index >= 15 is 0 Å². The number of hydrogen-bond acceptors (Lipinski definition) is 4. The van der Waals surface area contributed by atoms with E-state index < -0.39 is 10.0 Å². The van der Waals surface area contributed by atoms with Gasteiger partial charge in [0.05, 0.1) is 18.0 Å². The van der Waals surface area contributed by atoms with Gasteiger partial charge in [0, 0.05) is 24.7 Å². The Bertz CT molecular complexity index is 1090. The molecule has 5 nitrogen and oxygen atoms in total. The van der Waals surface area contributed by atoms with E-state index in [1.807, 2.05) is 24.3 Å². The van der Waals surface area contributed by atoms with Gasteiger partial charge in [-0.2, -0.15) is 4.31 Å². The molecule has 1 fully saturated rings. The summed E-state index contributed by atoms with van der Waals surface area (Å²) in [6, 6.07) is 14.0. The Hall–Kier alpha value is -2.31. The molecule has 2 aromatic rings. The fourth-order valence-corrected chi connectivity index (χ4v) is 6.88. The normalized spacial score (nSPS) is 25.9. The minimum atomic E-state index is -3.46. The third-order valence-electron chi connectivity index (χ3n) is 6.99. The van der Waals surface area contributed by atoms with Crippen LogP contribution in [0.5, 0.6) is 5.75 Å². The summed E-state index contributed by atoms with van der Waals surface area (Å²) in [7, 11) is -1.77. The predicted octanol–water partition coefficient (Wildman–Crippen LogP) is 5.09. The van der Waals surface area contributed by atoms with Gasteiger partial charge in [-0.3, -0.25) is 0 Å². The number of benzene rings is 2. The minimum absolute atomic E-state index is 0.163. The molecule has 2 heterocycles. The van der Waals surface area contributed by atoms with Crippen LogP contribution in [0.2, 0.25) is 0 Å². The Morgan fingerprint density at radius 1 is 1.03 bits per heavy atom. The van der Waals surface area contributed by atoms with Gasteiger partial charge < -0.3 is 10.1 Å². The predicted molar refractivity (Wildman–Crippen MR) is 123 cm³/mol. The summed E-state index contributed by atoms with van der Waals surface area (Å²) in [5, 5.41) is 3.70. The highest BCUT2D eigenvalue weighted by molar-refractivity contribution is 7.89. The molecule has 3 atom stereocenters. The number of sulfonamides is 1. The Morgan fingerprint density at radius 2 is 1.84 bits per heavy atom. The van der Waals surface area contributed by atoms with Crippen LogP contribution in [0.25, 0.3) is 0 Å². The third kappa shape index (κ3) is 3.76. The van der Waals surface area contributed by atoms with Gasteiger partial charge in [0.25, 0.3) is 0 Å². The zero-order valence-electron chi connectivity index (χ0n) is 18.0. The van der Waals surface area contributed by atoms with Crippen molar-refractivity contribution >= 4 is 15.7 Å². The molecule has 0 radical (unpaired) electrons. The van der Waals surface area contributed by atoms with Gasteiger partial charge in [-0.15, -0.1) is 0 Å². The van der Waals surface area contributed by atoms with Gasteiger partial charge in [0.2, 0.25) is 10.0 Å². The molecule has 164 valence electrons. The highest BCUT2D eigenvalue weighted by Gasteiger charge is 2.39. The number of nitrogens with one attached hydrogen (secondary N) is 1. The maximum absolute atomic E-state index is 13.3. The zero-order valence-corrected chi connectivity index (χ0v) is 18.8. The van der Waals surface area contributed by atoms with E-state index in [1.54, 1.807) is 17.5 Å². The summed E-state index contributed by atoms with van der Waals surface area (Å²) in [4.78, 5) is 0.425. The summed E-state index contributed by atoms with van der Waals surface area (Å²) in [6.07, 6.45) is 9.57. The van der Waals surface area contributed by atoms with Crippen molar-refractivity contribution in [2.75, 3.05) is 25.5 Å². The Kier molecular flexibility index (Phi) is 5.52. The van der Waals surface area contributed by atoms with Crippen molar-refractivity contribution in [3.8, 4) is 5.75 Å². The summed E-state index contributed by atoms with van der Waals surface area (Å²) in [6.45, 7) is 1.25. The van der Waals surface area contributed by atoms with Crippen molar-refractivity contribution < 1.29 is 13.2 Å². The maximum atomic E-state index is 13.3. The molecule has 31 heavy (non-hydrogen) atoms. The second kappa shape index (κ2) is 8.32. The van der Waals surface area contributed by atoms with E-state index in [0.29, 0.717) is 23.9 Å². The van der Waals surface area contributed by atoms with Crippen molar-refractivity contribution in [3.63, 3.8) is 0 Å². The van der Waals surface area contributed by atoms with Gasteiger partial charge in [-0.25, -0.2) is 8.42 Å². The van der Waals surface area contributed by atoms with E-state index in [-0.39, 0.29) is 12.0 Å². The standard InChI is InChI=1S/C25H30N2O3S/c1-30-19-9-6-8-18(16-19)25-22-11-7-10-21(22)23-17-20(12-13-24(23)26-25)31(28,29)27-14-4-2-3-5-15-27/h6-10,12-13,16-17,21-22,25-26H,2-5,11,14-15H2,1H3. The SMILES string of the molecule is COc1cccc(C2Nc3ccc(S(=O)(=O)N4CCCCCC4)cc3C3C=CCC32)c1. The number of fused-ring (bicyclic) bond motifs is 3. The molecule has 1 saturated heterocycles. The molecule has 1 aliphatic carbocycles. The average Bonchev–Trinajstić information content (AvgIpc) is 3.12. The molecule has 3 aliphatic rings. The first kappa shape index (κ1) is 20.6. The Balaban J connectivity index is 1.49. The second-order valence-electron chi connectivity index (χ2n) is 8.82. The van der Waals surface area contributed by atoms with Gasteiger partial charge in [-0.1, -0.05) is 37.1 Å². The Labute approximate surface area is 185 Å². The molecule has 0 spiro atoms. The number of allylic oxidation sites excluding steroid dienone is 2. The lowest BCUT2D eigenvalue weighted by atomic mass is 9.77. The van der Waals surface area contributed by atoms with Crippen molar-refractivity contribution in [1.29, 1.82) is 0 Å². The lowest BCUT2D eigenvalue weighted by Gasteiger charge is -2.38. The Morgan fingerprint density at radius 3 is 2.61 bits per heavy atom. The van der Waals surface area contributed by atoms with Crippen molar-refractivity contribution in [3.05, 3.63) is 65.7 Å². The summed E-state index contributed by atoms with van der Waals surface area (Å²) >= 11 is 0. The quantitative estimate of drug-likeness (QED) is 0.676. The van der Waals surface area contributed by atoms with E-state index in [1.165, 1.54) is 5.56 Å². The van der Waals surface area contributed by atoms with Crippen LogP contribution in [0.4, 0.5) is 5.69 Å². The molecule has 2 aliphatic heterocycles. The lowest BCUT2D eigenvalue weighted by Crippen LogP contribution is -2.33. The first-order chi connectivity index (χ1) is 15.1. The van der Waals surface area contributed by atoms with Crippen LogP contribution < -0.4 is 10.1 Å². The topological polar surface area (TPSA) is 58.6 Å². The molecular formula is C25H30N2O3S. The van der Waals surface area contributed by atoms with E-state index in [0.717, 1.165) is 49.1 Å². The van der Waals surface area contributed by atoms with Crippen LogP contribution >= 0.6 is 0 Å². The summed E-state index contributed by atoms with van der Waals surface area (Å²) in [5.41, 5.74) is 3.31. The fraction of sp³-hybridized carbons (Fsp3) is 0.440.